The van der Waals surface area contributed by atoms with Crippen LogP contribution in [0, 0.1) is 37.0 Å². The molecule has 0 spiro atoms. The van der Waals surface area contributed by atoms with Crippen molar-refractivity contribution < 1.29 is 33.4 Å². The number of fused-ring (bicyclic) bond motifs is 5. The fraction of sp³-hybridized carbons (Fsp3) is 0.348. The molecular formula is C46H53N11O7. The quantitative estimate of drug-likeness (QED) is 0.0679. The zero-order valence-corrected chi connectivity index (χ0v) is 36.2. The number of hydrogen-bond acceptors (Lipinski definition) is 13. The van der Waals surface area contributed by atoms with E-state index in [1.165, 1.54) is 18.9 Å². The molecule has 64 heavy (non-hydrogen) atoms. The molecule has 0 saturated carbocycles. The molecule has 334 valence electrons. The topological polar surface area (TPSA) is 283 Å². The average molecular weight is 872 g/mol. The van der Waals surface area contributed by atoms with E-state index in [9.17, 15) is 24.0 Å². The van der Waals surface area contributed by atoms with E-state index in [1.807, 2.05) is 36.4 Å². The minimum atomic E-state index is -1.41. The van der Waals surface area contributed by atoms with Gasteiger partial charge in [0.1, 0.15) is 55.4 Å². The van der Waals surface area contributed by atoms with Crippen LogP contribution in [0.2, 0.25) is 0 Å². The number of carbonyl (C=O) groups excluding carboxylic acids is 5. The van der Waals surface area contributed by atoms with Gasteiger partial charge in [0.15, 0.2) is 0 Å². The molecule has 10 N–H and O–H groups in total. The molecule has 2 heterocycles. The normalized spacial score (nSPS) is 16.2. The third kappa shape index (κ3) is 12.0. The molecule has 1 aromatic heterocycles. The highest BCUT2D eigenvalue weighted by atomic mass is 16.5. The molecule has 3 aromatic carbocycles. The maximum atomic E-state index is 14.6. The van der Waals surface area contributed by atoms with Crippen molar-refractivity contribution in [3.05, 3.63) is 106 Å². The minimum absolute atomic E-state index is 0.00168. The van der Waals surface area contributed by atoms with Crippen molar-refractivity contribution in [2.75, 3.05) is 46.4 Å². The van der Waals surface area contributed by atoms with Crippen molar-refractivity contribution in [2.24, 2.45) is 17.2 Å². The Balaban J connectivity index is 1.57. The SMILES string of the molecule is Cc1nc(C#Cc2ccccc2)nc(C)c1C(=O)NC(CCN)C(=O)N(C)[C@@H]1C(=O)N[C@@H](C)C(=O)N[C@H](C(=O)NCC#N)Cc2ccc(OCCN)c(c2)-c2cc1ccc2OCCN. The zero-order chi connectivity index (χ0) is 46.3. The van der Waals surface area contributed by atoms with Gasteiger partial charge in [0.05, 0.1) is 23.0 Å². The molecule has 5 amide bonds. The van der Waals surface area contributed by atoms with Crippen LogP contribution in [-0.4, -0.2) is 109 Å². The van der Waals surface area contributed by atoms with Gasteiger partial charge < -0.3 is 52.8 Å². The smallest absolute Gasteiger partial charge is 0.255 e. The summed E-state index contributed by atoms with van der Waals surface area (Å²) in [7, 11) is 1.40. The van der Waals surface area contributed by atoms with Gasteiger partial charge in [0, 0.05) is 43.2 Å². The van der Waals surface area contributed by atoms with Crippen LogP contribution in [0.1, 0.15) is 63.6 Å². The molecule has 5 rings (SSSR count). The molecule has 0 radical (unpaired) electrons. The summed E-state index contributed by atoms with van der Waals surface area (Å²) in [4.78, 5) is 80.2. The van der Waals surface area contributed by atoms with Gasteiger partial charge in [0.2, 0.25) is 29.5 Å². The van der Waals surface area contributed by atoms with E-state index >= 15 is 0 Å². The van der Waals surface area contributed by atoms with E-state index in [0.29, 0.717) is 45.1 Å². The predicted octanol–water partition coefficient (Wildman–Crippen LogP) is 0.668. The van der Waals surface area contributed by atoms with E-state index in [0.717, 1.165) is 5.56 Å². The number of likely N-dealkylation sites (N-methyl/N-ethyl adjacent to an activating group) is 1. The average Bonchev–Trinajstić information content (AvgIpc) is 3.28. The second-order valence-corrected chi connectivity index (χ2v) is 14.9. The van der Waals surface area contributed by atoms with Crippen molar-refractivity contribution in [3.63, 3.8) is 0 Å². The number of rotatable bonds is 14. The lowest BCUT2D eigenvalue weighted by atomic mass is 9.93. The van der Waals surface area contributed by atoms with Gasteiger partial charge in [-0.15, -0.1) is 0 Å². The molecule has 0 aliphatic carbocycles. The highest BCUT2D eigenvalue weighted by molar-refractivity contribution is 6.00. The summed E-state index contributed by atoms with van der Waals surface area (Å²) >= 11 is 0. The number of hydrogen-bond donors (Lipinski definition) is 7. The maximum absolute atomic E-state index is 14.6. The van der Waals surface area contributed by atoms with Gasteiger partial charge >= 0.3 is 0 Å². The fourth-order valence-corrected chi connectivity index (χ4v) is 7.11. The van der Waals surface area contributed by atoms with E-state index in [-0.39, 0.29) is 63.6 Å². The van der Waals surface area contributed by atoms with Crippen LogP contribution in [0.4, 0.5) is 0 Å². The molecule has 18 nitrogen and oxygen atoms in total. The minimum Gasteiger partial charge on any atom is -0.492 e. The largest absolute Gasteiger partial charge is 0.492 e. The predicted molar refractivity (Wildman–Crippen MR) is 237 cm³/mol. The monoisotopic (exact) mass is 871 g/mol. The standard InChI is InChI=1S/C46H53N11O7/c1-27-40(28(2)53-39(52-27)15-11-30-8-6-5-7-9-30)44(60)55-35(16-17-47)46(62)57(4)41-32-12-14-38(64-23-20-50)34(26-32)33-24-31(10-13-37(33)63-22-19-49)25-36(43(59)51-21-18-48)56-42(58)29(3)54-45(41)61/h5-10,12-14,24,26,29,35-36,41H,16-17,19-23,25,47,49-50H2,1-4H3,(H,51,59)(H,54,61)(H,55,60)(H,56,58)/t29-,35?,36-,41-/m0/s1. The van der Waals surface area contributed by atoms with Gasteiger partial charge in [0.25, 0.3) is 5.91 Å². The third-order valence-electron chi connectivity index (χ3n) is 10.2. The Morgan fingerprint density at radius 3 is 2.14 bits per heavy atom. The summed E-state index contributed by atoms with van der Waals surface area (Å²) in [5.74, 6) is 3.50. The summed E-state index contributed by atoms with van der Waals surface area (Å²) in [6.45, 7) is 5.05. The molecule has 0 fully saturated rings. The maximum Gasteiger partial charge on any atom is 0.255 e. The number of carbonyl (C=O) groups is 5. The van der Waals surface area contributed by atoms with Crippen molar-refractivity contribution in [2.45, 2.75) is 57.8 Å². The van der Waals surface area contributed by atoms with Crippen LogP contribution >= 0.6 is 0 Å². The Hall–Kier alpha value is -7.38. The lowest BCUT2D eigenvalue weighted by Crippen LogP contribution is -2.56. The number of nitrogens with zero attached hydrogens (tertiary/aromatic N) is 4. The number of aromatic nitrogens is 2. The fourth-order valence-electron chi connectivity index (χ4n) is 7.11. The van der Waals surface area contributed by atoms with Crippen molar-refractivity contribution in [1.82, 2.24) is 36.1 Å². The van der Waals surface area contributed by atoms with Crippen LogP contribution < -0.4 is 47.9 Å². The van der Waals surface area contributed by atoms with Gasteiger partial charge in [-0.2, -0.15) is 5.26 Å². The molecule has 1 aliphatic rings. The first kappa shape index (κ1) is 47.7. The molecule has 4 aromatic rings. The summed E-state index contributed by atoms with van der Waals surface area (Å²) in [5, 5.41) is 19.8. The van der Waals surface area contributed by atoms with E-state index < -0.39 is 53.7 Å². The Morgan fingerprint density at radius 2 is 1.52 bits per heavy atom. The van der Waals surface area contributed by atoms with E-state index in [2.05, 4.69) is 43.1 Å². The summed E-state index contributed by atoms with van der Waals surface area (Å²) in [5.41, 5.74) is 21.1. The van der Waals surface area contributed by atoms with Crippen LogP contribution in [0.3, 0.4) is 0 Å². The Labute approximate surface area is 371 Å². The highest BCUT2D eigenvalue weighted by Gasteiger charge is 2.36. The van der Waals surface area contributed by atoms with Crippen LogP contribution in [0.15, 0.2) is 66.7 Å². The Kier molecular flexibility index (Phi) is 16.9. The number of benzene rings is 3. The molecule has 1 unspecified atom stereocenters. The van der Waals surface area contributed by atoms with Gasteiger partial charge in [-0.05, 0) is 87.2 Å². The van der Waals surface area contributed by atoms with E-state index in [4.69, 9.17) is 31.9 Å². The van der Waals surface area contributed by atoms with Gasteiger partial charge in [-0.1, -0.05) is 36.3 Å². The first-order valence-corrected chi connectivity index (χ1v) is 20.7. The highest BCUT2D eigenvalue weighted by Crippen LogP contribution is 2.40. The van der Waals surface area contributed by atoms with Gasteiger partial charge in [-0.25, -0.2) is 9.97 Å². The number of nitriles is 1. The molecule has 1 aliphatic heterocycles. The molecule has 4 atom stereocenters. The number of amides is 5. The Bertz CT molecular complexity index is 2440. The number of nitrogens with two attached hydrogens (primary N) is 3. The number of aryl methyl sites for hydroxylation is 2. The lowest BCUT2D eigenvalue weighted by molar-refractivity contribution is -0.141. The first-order valence-electron chi connectivity index (χ1n) is 20.7. The summed E-state index contributed by atoms with van der Waals surface area (Å²) < 4.78 is 12.2. The first-order chi connectivity index (χ1) is 30.8. The summed E-state index contributed by atoms with van der Waals surface area (Å²) in [6, 6.07) is 16.3. The van der Waals surface area contributed by atoms with Gasteiger partial charge in [-0.3, -0.25) is 24.0 Å². The Morgan fingerprint density at radius 1 is 0.875 bits per heavy atom. The van der Waals surface area contributed by atoms with Crippen molar-refractivity contribution in [1.29, 1.82) is 5.26 Å². The molecule has 4 bridgehead atoms. The number of nitrogens with one attached hydrogen (secondary N) is 4. The summed E-state index contributed by atoms with van der Waals surface area (Å²) in [6.07, 6.45) is -0.0129. The zero-order valence-electron chi connectivity index (χ0n) is 36.2. The molecular weight excluding hydrogens is 819 g/mol. The van der Waals surface area contributed by atoms with Crippen LogP contribution in [0.5, 0.6) is 11.5 Å². The van der Waals surface area contributed by atoms with Crippen molar-refractivity contribution in [3.8, 4) is 40.5 Å². The second-order valence-electron chi connectivity index (χ2n) is 14.9. The van der Waals surface area contributed by atoms with Crippen LogP contribution in [-0.2, 0) is 25.6 Å². The second kappa shape index (κ2) is 22.6. The lowest BCUT2D eigenvalue weighted by Gasteiger charge is -2.32. The van der Waals surface area contributed by atoms with E-state index in [1.54, 1.807) is 50.2 Å². The molecule has 0 saturated heterocycles. The van der Waals surface area contributed by atoms with Crippen molar-refractivity contribution >= 4 is 29.5 Å². The van der Waals surface area contributed by atoms with Crippen LogP contribution in [0.25, 0.3) is 11.1 Å². The third-order valence-corrected chi connectivity index (χ3v) is 10.2. The number of ether oxygens (including phenoxy) is 2. The molecule has 18 heteroatoms.